The van der Waals surface area contributed by atoms with Crippen molar-refractivity contribution in [2.24, 2.45) is 0 Å². The van der Waals surface area contributed by atoms with Gasteiger partial charge in [0.15, 0.2) is 0 Å². The third-order valence-electron chi connectivity index (χ3n) is 4.53. The molecule has 1 saturated carbocycles. The molecule has 2 N–H and O–H groups in total. The van der Waals surface area contributed by atoms with Gasteiger partial charge in [0.2, 0.25) is 11.8 Å². The lowest BCUT2D eigenvalue weighted by Crippen LogP contribution is -2.45. The highest BCUT2D eigenvalue weighted by molar-refractivity contribution is 6.01. The van der Waals surface area contributed by atoms with Gasteiger partial charge in [0.05, 0.1) is 29.8 Å². The summed E-state index contributed by atoms with van der Waals surface area (Å²) in [6.45, 7) is -0.0676. The van der Waals surface area contributed by atoms with Crippen LogP contribution in [0.15, 0.2) is 36.5 Å². The van der Waals surface area contributed by atoms with E-state index in [1.165, 1.54) is 0 Å². The van der Waals surface area contributed by atoms with Crippen molar-refractivity contribution in [3.05, 3.63) is 36.5 Å². The number of fused-ring (bicyclic) bond motifs is 1. The highest BCUT2D eigenvalue weighted by Gasteiger charge is 2.38. The lowest BCUT2D eigenvalue weighted by atomic mass is 9.77. The normalized spacial score (nSPS) is 15.5. The van der Waals surface area contributed by atoms with Gasteiger partial charge in [0.1, 0.15) is 0 Å². The van der Waals surface area contributed by atoms with Crippen LogP contribution in [0.2, 0.25) is 0 Å². The first-order valence-corrected chi connectivity index (χ1v) is 8.07. The number of aromatic nitrogens is 1. The van der Waals surface area contributed by atoms with Gasteiger partial charge in [-0.1, -0.05) is 18.2 Å². The molecule has 3 rings (SSSR count). The maximum Gasteiger partial charge on any atom is 0.243 e. The van der Waals surface area contributed by atoms with Crippen molar-refractivity contribution in [1.29, 1.82) is 0 Å². The third kappa shape index (κ3) is 3.54. The Morgan fingerprint density at radius 3 is 2.71 bits per heavy atom. The fraction of sp³-hybridized carbons (Fsp3) is 0.389. The molecule has 0 unspecified atom stereocenters. The van der Waals surface area contributed by atoms with E-state index in [9.17, 15) is 9.59 Å². The highest BCUT2D eigenvalue weighted by Crippen LogP contribution is 2.37. The summed E-state index contributed by atoms with van der Waals surface area (Å²) in [5, 5.41) is 6.41. The minimum Gasteiger partial charge on any atom is -0.378 e. The molecule has 2 aromatic rings. The second kappa shape index (κ2) is 6.97. The van der Waals surface area contributed by atoms with Gasteiger partial charge in [-0.05, 0) is 31.4 Å². The lowest BCUT2D eigenvalue weighted by molar-refractivity contribution is -0.135. The molecule has 24 heavy (non-hydrogen) atoms. The standard InChI is InChI=1S/C18H21N3O3/c1-24-18(8-4-9-18)11-15(22)20-12-16(23)21-14-7-2-5-13-6-3-10-19-17(13)14/h2-3,5-7,10H,4,8-9,11-12H2,1H3,(H,20,22)(H,21,23). The number of methoxy groups -OCH3 is 1. The number of benzene rings is 1. The molecule has 0 saturated heterocycles. The molecule has 6 heteroatoms. The molecule has 1 aromatic carbocycles. The van der Waals surface area contributed by atoms with Crippen molar-refractivity contribution in [3.63, 3.8) is 0 Å². The second-order valence-electron chi connectivity index (χ2n) is 6.12. The fourth-order valence-electron chi connectivity index (χ4n) is 2.96. The third-order valence-corrected chi connectivity index (χ3v) is 4.53. The fourth-order valence-corrected chi connectivity index (χ4v) is 2.96. The topological polar surface area (TPSA) is 80.3 Å². The van der Waals surface area contributed by atoms with E-state index in [1.54, 1.807) is 19.4 Å². The van der Waals surface area contributed by atoms with Gasteiger partial charge in [0, 0.05) is 18.7 Å². The van der Waals surface area contributed by atoms with Crippen LogP contribution in [0.25, 0.3) is 10.9 Å². The van der Waals surface area contributed by atoms with E-state index in [0.717, 1.165) is 30.2 Å². The Labute approximate surface area is 140 Å². The first-order valence-electron chi connectivity index (χ1n) is 8.07. The van der Waals surface area contributed by atoms with Gasteiger partial charge in [-0.15, -0.1) is 0 Å². The van der Waals surface area contributed by atoms with E-state index >= 15 is 0 Å². The summed E-state index contributed by atoms with van der Waals surface area (Å²) in [6.07, 6.45) is 4.85. The Balaban J connectivity index is 1.55. The van der Waals surface area contributed by atoms with Crippen LogP contribution in [0.3, 0.4) is 0 Å². The average molecular weight is 327 g/mol. The molecule has 1 aliphatic rings. The number of pyridine rings is 1. The van der Waals surface area contributed by atoms with E-state index in [-0.39, 0.29) is 24.0 Å². The molecule has 2 amide bonds. The zero-order valence-electron chi connectivity index (χ0n) is 13.7. The van der Waals surface area contributed by atoms with Crippen LogP contribution in [-0.2, 0) is 14.3 Å². The number of rotatable bonds is 6. The number of nitrogens with zero attached hydrogens (tertiary/aromatic N) is 1. The molecular weight excluding hydrogens is 306 g/mol. The van der Waals surface area contributed by atoms with Crippen LogP contribution in [-0.4, -0.2) is 36.1 Å². The summed E-state index contributed by atoms with van der Waals surface area (Å²) in [5.41, 5.74) is 1.03. The summed E-state index contributed by atoms with van der Waals surface area (Å²) in [5.74, 6) is -0.440. The highest BCUT2D eigenvalue weighted by atomic mass is 16.5. The number of hydrogen-bond acceptors (Lipinski definition) is 4. The van der Waals surface area contributed by atoms with Crippen LogP contribution in [0.1, 0.15) is 25.7 Å². The number of nitrogens with one attached hydrogen (secondary N) is 2. The first-order chi connectivity index (χ1) is 11.6. The molecule has 126 valence electrons. The number of hydrogen-bond donors (Lipinski definition) is 2. The summed E-state index contributed by atoms with van der Waals surface area (Å²) in [7, 11) is 1.63. The Kier molecular flexibility index (Phi) is 4.76. The maximum absolute atomic E-state index is 12.1. The number of anilines is 1. The lowest BCUT2D eigenvalue weighted by Gasteiger charge is -2.39. The largest absolute Gasteiger partial charge is 0.378 e. The van der Waals surface area contributed by atoms with Crippen LogP contribution < -0.4 is 10.6 Å². The zero-order chi connectivity index (χ0) is 17.0. The van der Waals surface area contributed by atoms with Gasteiger partial charge in [-0.3, -0.25) is 14.6 Å². The molecule has 0 spiro atoms. The molecular formula is C18H21N3O3. The quantitative estimate of drug-likeness (QED) is 0.853. The van der Waals surface area contributed by atoms with Crippen molar-refractivity contribution in [1.82, 2.24) is 10.3 Å². The number of carbonyl (C=O) groups is 2. The molecule has 6 nitrogen and oxygen atoms in total. The van der Waals surface area contributed by atoms with Crippen molar-refractivity contribution < 1.29 is 14.3 Å². The molecule has 1 aliphatic carbocycles. The minimum absolute atomic E-state index is 0.0676. The molecule has 0 atom stereocenters. The number of ether oxygens (including phenoxy) is 1. The van der Waals surface area contributed by atoms with Crippen molar-refractivity contribution >= 4 is 28.4 Å². The van der Waals surface area contributed by atoms with Gasteiger partial charge < -0.3 is 15.4 Å². The van der Waals surface area contributed by atoms with Crippen LogP contribution >= 0.6 is 0 Å². The van der Waals surface area contributed by atoms with Crippen LogP contribution in [0.5, 0.6) is 0 Å². The zero-order valence-corrected chi connectivity index (χ0v) is 13.7. The first kappa shape index (κ1) is 16.4. The maximum atomic E-state index is 12.1. The predicted octanol–water partition coefficient (Wildman–Crippen LogP) is 2.25. The Bertz CT molecular complexity index is 745. The Morgan fingerprint density at radius 1 is 1.21 bits per heavy atom. The number of para-hydroxylation sites is 1. The Morgan fingerprint density at radius 2 is 2.00 bits per heavy atom. The monoisotopic (exact) mass is 327 g/mol. The van der Waals surface area contributed by atoms with E-state index in [2.05, 4.69) is 15.6 Å². The van der Waals surface area contributed by atoms with E-state index in [0.29, 0.717) is 12.1 Å². The summed E-state index contributed by atoms with van der Waals surface area (Å²) < 4.78 is 5.43. The Hall–Kier alpha value is -2.47. The van der Waals surface area contributed by atoms with Crippen molar-refractivity contribution in [3.8, 4) is 0 Å². The van der Waals surface area contributed by atoms with Crippen molar-refractivity contribution in [2.45, 2.75) is 31.3 Å². The van der Waals surface area contributed by atoms with Gasteiger partial charge >= 0.3 is 0 Å². The molecule has 1 heterocycles. The summed E-state index contributed by atoms with van der Waals surface area (Å²) >= 11 is 0. The SMILES string of the molecule is COC1(CC(=O)NCC(=O)Nc2cccc3cccnc23)CCC1. The molecule has 0 bridgehead atoms. The van der Waals surface area contributed by atoms with Gasteiger partial charge in [-0.2, -0.15) is 0 Å². The van der Waals surface area contributed by atoms with Gasteiger partial charge in [-0.25, -0.2) is 0 Å². The number of amides is 2. The molecule has 0 aliphatic heterocycles. The second-order valence-corrected chi connectivity index (χ2v) is 6.12. The predicted molar refractivity (Wildman–Crippen MR) is 91.6 cm³/mol. The van der Waals surface area contributed by atoms with Crippen LogP contribution in [0, 0.1) is 0 Å². The molecule has 1 aromatic heterocycles. The minimum atomic E-state index is -0.333. The van der Waals surface area contributed by atoms with E-state index < -0.39 is 0 Å². The smallest absolute Gasteiger partial charge is 0.243 e. The van der Waals surface area contributed by atoms with Crippen molar-refractivity contribution in [2.75, 3.05) is 19.0 Å². The van der Waals surface area contributed by atoms with E-state index in [1.807, 2.05) is 24.3 Å². The molecule has 0 radical (unpaired) electrons. The van der Waals surface area contributed by atoms with E-state index in [4.69, 9.17) is 4.74 Å². The molecule has 1 fully saturated rings. The van der Waals surface area contributed by atoms with Gasteiger partial charge in [0.25, 0.3) is 0 Å². The average Bonchev–Trinajstić information content (AvgIpc) is 2.57. The summed E-state index contributed by atoms with van der Waals surface area (Å²) in [6, 6.07) is 9.37. The summed E-state index contributed by atoms with van der Waals surface area (Å²) in [4.78, 5) is 28.4. The number of carbonyl (C=O) groups excluding carboxylic acids is 2. The van der Waals surface area contributed by atoms with Crippen LogP contribution in [0.4, 0.5) is 5.69 Å².